The van der Waals surface area contributed by atoms with Gasteiger partial charge in [0.1, 0.15) is 11.9 Å². The van der Waals surface area contributed by atoms with Crippen molar-refractivity contribution in [3.8, 4) is 5.75 Å². The van der Waals surface area contributed by atoms with E-state index >= 15 is 0 Å². The van der Waals surface area contributed by atoms with Gasteiger partial charge in [-0.25, -0.2) is 0 Å². The van der Waals surface area contributed by atoms with Crippen molar-refractivity contribution in [3.63, 3.8) is 0 Å². The minimum absolute atomic E-state index is 0.302. The van der Waals surface area contributed by atoms with Crippen LogP contribution in [0.1, 0.15) is 32.3 Å². The van der Waals surface area contributed by atoms with Gasteiger partial charge < -0.3 is 15.0 Å². The number of benzene rings is 1. The van der Waals surface area contributed by atoms with E-state index in [9.17, 15) is 0 Å². The number of piperidine rings is 1. The molecule has 1 N–H and O–H groups in total. The van der Waals surface area contributed by atoms with Crippen LogP contribution in [0.4, 0.5) is 0 Å². The van der Waals surface area contributed by atoms with Crippen LogP contribution in [0.2, 0.25) is 0 Å². The lowest BCUT2D eigenvalue weighted by atomic mass is 9.91. The molecule has 2 aliphatic heterocycles. The average Bonchev–Trinajstić information content (AvgIpc) is 2.95. The third-order valence-corrected chi connectivity index (χ3v) is 5.08. The zero-order chi connectivity index (χ0) is 14.7. The Kier molecular flexibility index (Phi) is 4.81. The number of rotatable bonds is 5. The molecular weight excluding hydrogens is 260 g/mol. The predicted molar refractivity (Wildman–Crippen MR) is 86.9 cm³/mol. The van der Waals surface area contributed by atoms with Crippen LogP contribution in [-0.4, -0.2) is 43.2 Å². The summed E-state index contributed by atoms with van der Waals surface area (Å²) in [6.45, 7) is 9.27. The van der Waals surface area contributed by atoms with Gasteiger partial charge >= 0.3 is 0 Å². The zero-order valence-corrected chi connectivity index (χ0v) is 13.3. The van der Waals surface area contributed by atoms with Crippen molar-refractivity contribution in [2.45, 2.75) is 45.3 Å². The molecule has 1 fully saturated rings. The molecule has 3 unspecified atom stereocenters. The second-order valence-electron chi connectivity index (χ2n) is 6.54. The van der Waals surface area contributed by atoms with Gasteiger partial charge in [-0.2, -0.15) is 0 Å². The summed E-state index contributed by atoms with van der Waals surface area (Å²) in [4.78, 5) is 2.58. The van der Waals surface area contributed by atoms with Crippen LogP contribution in [0.3, 0.4) is 0 Å². The highest BCUT2D eigenvalue weighted by Gasteiger charge is 2.26. The van der Waals surface area contributed by atoms with E-state index in [0.717, 1.165) is 24.6 Å². The highest BCUT2D eigenvalue weighted by Crippen LogP contribution is 2.28. The van der Waals surface area contributed by atoms with Crippen LogP contribution in [0, 0.1) is 5.92 Å². The molecule has 1 saturated heterocycles. The molecule has 2 aliphatic rings. The molecule has 0 bridgehead atoms. The summed E-state index contributed by atoms with van der Waals surface area (Å²) >= 11 is 0. The highest BCUT2D eigenvalue weighted by molar-refractivity contribution is 5.37. The fraction of sp³-hybridized carbons (Fsp3) is 0.667. The van der Waals surface area contributed by atoms with Crippen molar-refractivity contribution in [2.24, 2.45) is 5.92 Å². The molecule has 3 rings (SSSR count). The molecule has 3 nitrogen and oxygen atoms in total. The molecule has 3 heteroatoms. The molecule has 1 aromatic carbocycles. The maximum atomic E-state index is 6.01. The quantitative estimate of drug-likeness (QED) is 0.901. The van der Waals surface area contributed by atoms with Gasteiger partial charge in [-0.05, 0) is 50.4 Å². The SMILES string of the molecule is CCN1CCCC(C(C)NCC2Cc3ccccc3O2)C1. The number of nitrogens with zero attached hydrogens (tertiary/aromatic N) is 1. The van der Waals surface area contributed by atoms with Crippen molar-refractivity contribution in [1.82, 2.24) is 10.2 Å². The van der Waals surface area contributed by atoms with Crippen molar-refractivity contribution < 1.29 is 4.74 Å². The van der Waals surface area contributed by atoms with Crippen LogP contribution < -0.4 is 10.1 Å². The maximum Gasteiger partial charge on any atom is 0.123 e. The third kappa shape index (κ3) is 3.58. The molecule has 1 aromatic rings. The minimum atomic E-state index is 0.302. The second-order valence-corrected chi connectivity index (χ2v) is 6.54. The summed E-state index contributed by atoms with van der Waals surface area (Å²) in [5.74, 6) is 1.86. The number of para-hydroxylation sites is 1. The van der Waals surface area contributed by atoms with Crippen LogP contribution in [0.5, 0.6) is 5.75 Å². The van der Waals surface area contributed by atoms with Crippen LogP contribution in [0.25, 0.3) is 0 Å². The Balaban J connectivity index is 1.45. The molecule has 0 aliphatic carbocycles. The second kappa shape index (κ2) is 6.80. The number of ether oxygens (including phenoxy) is 1. The number of nitrogens with one attached hydrogen (secondary N) is 1. The van der Waals surface area contributed by atoms with Crippen LogP contribution in [-0.2, 0) is 6.42 Å². The van der Waals surface area contributed by atoms with Crippen molar-refractivity contribution >= 4 is 0 Å². The number of likely N-dealkylation sites (tertiary alicyclic amines) is 1. The van der Waals surface area contributed by atoms with Gasteiger partial charge in [-0.1, -0.05) is 25.1 Å². The smallest absolute Gasteiger partial charge is 0.123 e. The number of fused-ring (bicyclic) bond motifs is 1. The molecule has 2 heterocycles. The minimum Gasteiger partial charge on any atom is -0.488 e. The van der Waals surface area contributed by atoms with E-state index < -0.39 is 0 Å². The zero-order valence-electron chi connectivity index (χ0n) is 13.3. The number of hydrogen-bond acceptors (Lipinski definition) is 3. The standard InChI is InChI=1S/C18H28N2O/c1-3-20-10-6-8-16(13-20)14(2)19-12-17-11-15-7-4-5-9-18(15)21-17/h4-5,7,9,14,16-17,19H,3,6,8,10-13H2,1-2H3. The van der Waals surface area contributed by atoms with E-state index in [-0.39, 0.29) is 0 Å². The van der Waals surface area contributed by atoms with Crippen LogP contribution in [0.15, 0.2) is 24.3 Å². The summed E-state index contributed by atoms with van der Waals surface area (Å²) in [5.41, 5.74) is 1.35. The van der Waals surface area contributed by atoms with Crippen molar-refractivity contribution in [3.05, 3.63) is 29.8 Å². The van der Waals surface area contributed by atoms with Crippen molar-refractivity contribution in [1.29, 1.82) is 0 Å². The lowest BCUT2D eigenvalue weighted by molar-refractivity contribution is 0.148. The van der Waals surface area contributed by atoms with Crippen LogP contribution >= 0.6 is 0 Å². The summed E-state index contributed by atoms with van der Waals surface area (Å²) in [5, 5.41) is 3.72. The summed E-state index contributed by atoms with van der Waals surface area (Å²) < 4.78 is 6.01. The van der Waals surface area contributed by atoms with Gasteiger partial charge in [0.2, 0.25) is 0 Å². The molecule has 0 aromatic heterocycles. The Morgan fingerprint density at radius 2 is 2.24 bits per heavy atom. The lowest BCUT2D eigenvalue weighted by Gasteiger charge is -2.35. The highest BCUT2D eigenvalue weighted by atomic mass is 16.5. The monoisotopic (exact) mass is 288 g/mol. The molecule has 3 atom stereocenters. The van der Waals surface area contributed by atoms with Gasteiger partial charge in [0.05, 0.1) is 0 Å². The summed E-state index contributed by atoms with van der Waals surface area (Å²) in [6, 6.07) is 8.99. The predicted octanol–water partition coefficient (Wildman–Crippen LogP) is 2.70. The third-order valence-electron chi connectivity index (χ3n) is 5.08. The van der Waals surface area contributed by atoms with Gasteiger partial charge in [0.15, 0.2) is 0 Å². The Bertz CT molecular complexity index is 437. The maximum absolute atomic E-state index is 6.01. The number of hydrogen-bond donors (Lipinski definition) is 1. The molecular formula is C18H28N2O. The molecule has 0 saturated carbocycles. The largest absolute Gasteiger partial charge is 0.488 e. The lowest BCUT2D eigenvalue weighted by Crippen LogP contribution is -2.46. The Hall–Kier alpha value is -1.06. The van der Waals surface area contributed by atoms with Gasteiger partial charge in [0.25, 0.3) is 0 Å². The Morgan fingerprint density at radius 3 is 3.05 bits per heavy atom. The van der Waals surface area contributed by atoms with E-state index in [2.05, 4.69) is 48.3 Å². The fourth-order valence-electron chi connectivity index (χ4n) is 3.64. The first-order valence-electron chi connectivity index (χ1n) is 8.46. The first-order chi connectivity index (χ1) is 10.3. The van der Waals surface area contributed by atoms with E-state index in [1.54, 1.807) is 0 Å². The first kappa shape index (κ1) is 14.9. The summed E-state index contributed by atoms with van der Waals surface area (Å²) in [6.07, 6.45) is 4.05. The topological polar surface area (TPSA) is 24.5 Å². The van der Waals surface area contributed by atoms with E-state index in [0.29, 0.717) is 12.1 Å². The molecule has 0 radical (unpaired) electrons. The first-order valence-corrected chi connectivity index (χ1v) is 8.46. The summed E-state index contributed by atoms with van der Waals surface area (Å²) in [7, 11) is 0. The van der Waals surface area contributed by atoms with Crippen molar-refractivity contribution in [2.75, 3.05) is 26.2 Å². The average molecular weight is 288 g/mol. The van der Waals surface area contributed by atoms with Gasteiger partial charge in [-0.15, -0.1) is 0 Å². The van der Waals surface area contributed by atoms with E-state index in [4.69, 9.17) is 4.74 Å². The Labute approximate surface area is 128 Å². The molecule has 0 amide bonds. The van der Waals surface area contributed by atoms with E-state index in [1.165, 1.54) is 38.0 Å². The fourth-order valence-corrected chi connectivity index (χ4v) is 3.64. The molecule has 116 valence electrons. The molecule has 0 spiro atoms. The molecule has 21 heavy (non-hydrogen) atoms. The Morgan fingerprint density at radius 1 is 1.38 bits per heavy atom. The normalized spacial score (nSPS) is 27.1. The van der Waals surface area contributed by atoms with Gasteiger partial charge in [-0.3, -0.25) is 0 Å². The van der Waals surface area contributed by atoms with E-state index in [1.807, 2.05) is 0 Å². The van der Waals surface area contributed by atoms with Gasteiger partial charge in [0, 0.05) is 25.6 Å².